The average molecular weight is 652 g/mol. The summed E-state index contributed by atoms with van der Waals surface area (Å²) in [4.78, 5) is 57.0. The van der Waals surface area contributed by atoms with Gasteiger partial charge in [-0.3, -0.25) is 28.8 Å². The maximum atomic E-state index is 15.7. The molecule has 1 saturated carbocycles. The van der Waals surface area contributed by atoms with E-state index < -0.39 is 23.7 Å². The molecule has 1 aliphatic carbocycles. The second kappa shape index (κ2) is 16.2. The summed E-state index contributed by atoms with van der Waals surface area (Å²) >= 11 is 0. The van der Waals surface area contributed by atoms with E-state index in [1.165, 1.54) is 12.1 Å². The van der Waals surface area contributed by atoms with Gasteiger partial charge in [-0.1, -0.05) is 32.8 Å². The van der Waals surface area contributed by atoms with Gasteiger partial charge in [-0.2, -0.15) is 5.10 Å². The molecule has 1 aromatic carbocycles. The van der Waals surface area contributed by atoms with Gasteiger partial charge in [-0.25, -0.2) is 4.39 Å². The first-order valence-corrected chi connectivity index (χ1v) is 16.9. The standard InChI is InChI=1S/C35H50FN7O4/c1-7-30(44)39-31(35(47)42-19-17-41(18-20-42)22(3)4)24(6)26-13-14-28(27(36)21-26)38-34(46)32(25-11-9-23(5)10-12-25)40-33(45)29-15-16-37-43(29)8-2/h13-16,21-23,25,32H,7-12,17-20H2,1-6H3,(H,38,46)(H,39,44)(H,40,45)/b31-24+/t23?,25?,32-/m0/s1. The van der Waals surface area contributed by atoms with Crippen molar-refractivity contribution in [1.82, 2.24) is 30.2 Å². The van der Waals surface area contributed by atoms with Crippen molar-refractivity contribution in [2.24, 2.45) is 11.8 Å². The topological polar surface area (TPSA) is 129 Å². The number of nitrogens with zero attached hydrogens (tertiary/aromatic N) is 4. The van der Waals surface area contributed by atoms with E-state index in [0.29, 0.717) is 48.4 Å². The van der Waals surface area contributed by atoms with Gasteiger partial charge in [0.15, 0.2) is 0 Å². The lowest BCUT2D eigenvalue weighted by Crippen LogP contribution is -2.52. The second-order valence-corrected chi connectivity index (χ2v) is 13.0. The summed E-state index contributed by atoms with van der Waals surface area (Å²) in [5, 5.41) is 12.5. The number of anilines is 1. The van der Waals surface area contributed by atoms with Crippen LogP contribution >= 0.6 is 0 Å². The smallest absolute Gasteiger partial charge is 0.270 e. The Bertz CT molecular complexity index is 1470. The summed E-state index contributed by atoms with van der Waals surface area (Å²) in [6.45, 7) is 14.7. The maximum absolute atomic E-state index is 15.7. The summed E-state index contributed by atoms with van der Waals surface area (Å²) in [6, 6.07) is 5.44. The fraction of sp³-hybridized carbons (Fsp3) is 0.571. The number of allylic oxidation sites excluding steroid dienone is 1. The highest BCUT2D eigenvalue weighted by atomic mass is 19.1. The van der Waals surface area contributed by atoms with Crippen molar-refractivity contribution in [3.63, 3.8) is 0 Å². The highest BCUT2D eigenvalue weighted by Gasteiger charge is 2.34. The molecule has 0 radical (unpaired) electrons. The normalized spacial score (nSPS) is 20.0. The van der Waals surface area contributed by atoms with Gasteiger partial charge in [0.2, 0.25) is 11.8 Å². The van der Waals surface area contributed by atoms with E-state index in [0.717, 1.165) is 38.8 Å². The van der Waals surface area contributed by atoms with Crippen LogP contribution in [0.5, 0.6) is 0 Å². The molecular formula is C35H50FN7O4. The summed E-state index contributed by atoms with van der Waals surface area (Å²) in [5.74, 6) is -1.78. The number of aryl methyl sites for hydroxylation is 1. The molecule has 1 aromatic heterocycles. The molecule has 0 spiro atoms. The number of carbonyl (C=O) groups excluding carboxylic acids is 4. The third-order valence-corrected chi connectivity index (χ3v) is 9.52. The number of carbonyl (C=O) groups is 4. The molecule has 47 heavy (non-hydrogen) atoms. The summed E-state index contributed by atoms with van der Waals surface area (Å²) in [6.07, 6.45) is 5.14. The molecule has 0 bridgehead atoms. The minimum Gasteiger partial charge on any atom is -0.339 e. The number of nitrogens with one attached hydrogen (secondary N) is 3. The third kappa shape index (κ3) is 8.85. The lowest BCUT2D eigenvalue weighted by Gasteiger charge is -2.37. The zero-order chi connectivity index (χ0) is 34.2. The largest absolute Gasteiger partial charge is 0.339 e. The number of benzene rings is 1. The second-order valence-electron chi connectivity index (χ2n) is 13.0. The summed E-state index contributed by atoms with van der Waals surface area (Å²) in [7, 11) is 0. The van der Waals surface area contributed by atoms with Crippen molar-refractivity contribution < 1.29 is 23.6 Å². The van der Waals surface area contributed by atoms with E-state index >= 15 is 4.39 Å². The van der Waals surface area contributed by atoms with Crippen LogP contribution in [-0.4, -0.2) is 81.5 Å². The average Bonchev–Trinajstić information content (AvgIpc) is 3.56. The number of aromatic nitrogens is 2. The predicted octanol–water partition coefficient (Wildman–Crippen LogP) is 4.42. The molecule has 1 aliphatic heterocycles. The Morgan fingerprint density at radius 2 is 1.68 bits per heavy atom. The van der Waals surface area contributed by atoms with Crippen LogP contribution in [0.4, 0.5) is 10.1 Å². The van der Waals surface area contributed by atoms with Gasteiger partial charge in [0.05, 0.1) is 5.69 Å². The van der Waals surface area contributed by atoms with Gasteiger partial charge in [-0.05, 0) is 81.7 Å². The van der Waals surface area contributed by atoms with Crippen LogP contribution in [0.1, 0.15) is 89.7 Å². The number of piperazine rings is 1. The molecule has 2 aliphatic rings. The highest BCUT2D eigenvalue weighted by Crippen LogP contribution is 2.32. The monoisotopic (exact) mass is 651 g/mol. The predicted molar refractivity (Wildman–Crippen MR) is 180 cm³/mol. The Hall–Kier alpha value is -4.06. The zero-order valence-electron chi connectivity index (χ0n) is 28.6. The molecule has 1 atom stereocenters. The first kappa shape index (κ1) is 35.8. The van der Waals surface area contributed by atoms with Gasteiger partial charge in [0, 0.05) is 51.4 Å². The molecule has 2 fully saturated rings. The fourth-order valence-electron chi connectivity index (χ4n) is 6.35. The van der Waals surface area contributed by atoms with Crippen LogP contribution in [0.3, 0.4) is 0 Å². The molecule has 2 aromatic rings. The van der Waals surface area contributed by atoms with E-state index in [1.807, 2.05) is 6.92 Å². The van der Waals surface area contributed by atoms with Gasteiger partial charge in [0.1, 0.15) is 23.3 Å². The molecule has 4 rings (SSSR count). The van der Waals surface area contributed by atoms with E-state index in [1.54, 1.807) is 41.8 Å². The van der Waals surface area contributed by atoms with Crippen molar-refractivity contribution in [2.45, 2.75) is 92.3 Å². The Labute approximate surface area is 277 Å². The Morgan fingerprint density at radius 1 is 1.00 bits per heavy atom. The fourth-order valence-corrected chi connectivity index (χ4v) is 6.35. The number of halogens is 1. The molecule has 3 N–H and O–H groups in total. The molecule has 12 heteroatoms. The molecule has 0 unspecified atom stereocenters. The van der Waals surface area contributed by atoms with E-state index in [-0.39, 0.29) is 35.5 Å². The lowest BCUT2D eigenvalue weighted by molar-refractivity contribution is -0.131. The van der Waals surface area contributed by atoms with Crippen LogP contribution in [0.25, 0.3) is 5.57 Å². The summed E-state index contributed by atoms with van der Waals surface area (Å²) in [5.41, 5.74) is 1.26. The van der Waals surface area contributed by atoms with Crippen molar-refractivity contribution in [1.29, 1.82) is 0 Å². The zero-order valence-corrected chi connectivity index (χ0v) is 28.6. The van der Waals surface area contributed by atoms with Crippen LogP contribution in [0.15, 0.2) is 36.2 Å². The van der Waals surface area contributed by atoms with Gasteiger partial charge in [0.25, 0.3) is 11.8 Å². The van der Waals surface area contributed by atoms with E-state index in [4.69, 9.17) is 0 Å². The molecule has 11 nitrogen and oxygen atoms in total. The van der Waals surface area contributed by atoms with Crippen LogP contribution in [-0.2, 0) is 20.9 Å². The Morgan fingerprint density at radius 3 is 2.28 bits per heavy atom. The van der Waals surface area contributed by atoms with E-state index in [9.17, 15) is 19.2 Å². The van der Waals surface area contributed by atoms with Crippen LogP contribution < -0.4 is 16.0 Å². The number of hydrogen-bond donors (Lipinski definition) is 3. The first-order valence-electron chi connectivity index (χ1n) is 16.9. The van der Waals surface area contributed by atoms with Gasteiger partial charge in [-0.15, -0.1) is 0 Å². The molecule has 4 amide bonds. The highest BCUT2D eigenvalue weighted by molar-refractivity contribution is 6.04. The number of rotatable bonds is 11. The molecule has 1 saturated heterocycles. The Kier molecular flexibility index (Phi) is 12.3. The minimum absolute atomic E-state index is 0.0381. The SMILES string of the molecule is CCC(=O)N/C(C(=O)N1CCN(C(C)C)CC1)=C(\C)c1ccc(NC(=O)[C@@H](NC(=O)c2ccnn2CC)C2CCC(C)CC2)c(F)c1. The van der Waals surface area contributed by atoms with E-state index in [2.05, 4.69) is 46.7 Å². The van der Waals surface area contributed by atoms with Crippen molar-refractivity contribution in [2.75, 3.05) is 31.5 Å². The van der Waals surface area contributed by atoms with Gasteiger partial charge < -0.3 is 20.9 Å². The minimum atomic E-state index is -0.861. The quantitative estimate of drug-likeness (QED) is 0.309. The third-order valence-electron chi connectivity index (χ3n) is 9.52. The molecule has 2 heterocycles. The van der Waals surface area contributed by atoms with Crippen molar-refractivity contribution in [3.05, 3.63) is 53.2 Å². The van der Waals surface area contributed by atoms with Crippen LogP contribution in [0, 0.1) is 17.7 Å². The lowest BCUT2D eigenvalue weighted by atomic mass is 9.79. The number of hydrogen-bond acceptors (Lipinski definition) is 6. The molecule has 256 valence electrons. The maximum Gasteiger partial charge on any atom is 0.270 e. The van der Waals surface area contributed by atoms with Crippen molar-refractivity contribution in [3.8, 4) is 0 Å². The molecular weight excluding hydrogens is 601 g/mol. The van der Waals surface area contributed by atoms with Gasteiger partial charge >= 0.3 is 0 Å². The Balaban J connectivity index is 1.56. The number of amides is 4. The van der Waals surface area contributed by atoms with Crippen molar-refractivity contribution >= 4 is 34.9 Å². The first-order chi connectivity index (χ1) is 22.4. The summed E-state index contributed by atoms with van der Waals surface area (Å²) < 4.78 is 17.2. The van der Waals surface area contributed by atoms with Crippen LogP contribution in [0.2, 0.25) is 0 Å².